The molecule has 0 unspecified atom stereocenters. The van der Waals surface area contributed by atoms with E-state index in [0.717, 1.165) is 22.5 Å². The molecular formula is C14H19N5. The van der Waals surface area contributed by atoms with Gasteiger partial charge in [-0.1, -0.05) is 13.8 Å². The van der Waals surface area contributed by atoms with Crippen LogP contribution in [0.3, 0.4) is 0 Å². The van der Waals surface area contributed by atoms with Crippen molar-refractivity contribution in [2.75, 3.05) is 5.43 Å². The van der Waals surface area contributed by atoms with Gasteiger partial charge in [0.2, 0.25) is 0 Å². The summed E-state index contributed by atoms with van der Waals surface area (Å²) in [5.41, 5.74) is 6.52. The zero-order valence-corrected chi connectivity index (χ0v) is 11.7. The van der Waals surface area contributed by atoms with Crippen LogP contribution in [0.25, 0.3) is 11.5 Å². The van der Waals surface area contributed by atoms with E-state index in [2.05, 4.69) is 34.2 Å². The molecule has 0 radical (unpaired) electrons. The molecule has 0 amide bonds. The van der Waals surface area contributed by atoms with Crippen molar-refractivity contribution in [3.63, 3.8) is 0 Å². The molecule has 0 atom stereocenters. The lowest BCUT2D eigenvalue weighted by Gasteiger charge is -2.15. The lowest BCUT2D eigenvalue weighted by Crippen LogP contribution is -2.14. The summed E-state index contributed by atoms with van der Waals surface area (Å²) in [6.45, 7) is 8.17. The molecule has 3 N–H and O–H groups in total. The first kappa shape index (κ1) is 13.4. The third-order valence-electron chi connectivity index (χ3n) is 2.99. The van der Waals surface area contributed by atoms with Gasteiger partial charge in [-0.15, -0.1) is 0 Å². The van der Waals surface area contributed by atoms with Gasteiger partial charge in [-0.2, -0.15) is 0 Å². The summed E-state index contributed by atoms with van der Waals surface area (Å²) >= 11 is 0. The van der Waals surface area contributed by atoms with Gasteiger partial charge in [0.1, 0.15) is 11.5 Å². The maximum atomic E-state index is 5.57. The van der Waals surface area contributed by atoms with Crippen LogP contribution in [-0.4, -0.2) is 15.0 Å². The second-order valence-corrected chi connectivity index (χ2v) is 4.91. The molecule has 2 heterocycles. The van der Waals surface area contributed by atoms with Crippen molar-refractivity contribution in [3.8, 4) is 11.5 Å². The van der Waals surface area contributed by atoms with Crippen molar-refractivity contribution in [1.82, 2.24) is 15.0 Å². The minimum absolute atomic E-state index is 0.311. The number of hydrogen-bond acceptors (Lipinski definition) is 5. The Hall–Kier alpha value is -2.01. The summed E-state index contributed by atoms with van der Waals surface area (Å²) < 4.78 is 0. The molecule has 0 aromatic carbocycles. The van der Waals surface area contributed by atoms with E-state index in [1.807, 2.05) is 26.0 Å². The Morgan fingerprint density at radius 2 is 1.95 bits per heavy atom. The molecule has 100 valence electrons. The lowest BCUT2D eigenvalue weighted by molar-refractivity contribution is 0.831. The molecule has 0 aliphatic heterocycles. The predicted octanol–water partition coefficient (Wildman–Crippen LogP) is 2.56. The number of nitrogens with one attached hydrogen (secondary N) is 1. The highest BCUT2D eigenvalue weighted by atomic mass is 15.3. The summed E-state index contributed by atoms with van der Waals surface area (Å²) in [7, 11) is 0. The topological polar surface area (TPSA) is 76.7 Å². The van der Waals surface area contributed by atoms with E-state index in [4.69, 9.17) is 5.84 Å². The van der Waals surface area contributed by atoms with Gasteiger partial charge in [0, 0.05) is 17.5 Å². The van der Waals surface area contributed by atoms with E-state index in [-0.39, 0.29) is 0 Å². The minimum Gasteiger partial charge on any atom is -0.308 e. The number of nitrogens with zero attached hydrogens (tertiary/aromatic N) is 3. The molecule has 2 rings (SSSR count). The van der Waals surface area contributed by atoms with Crippen molar-refractivity contribution in [3.05, 3.63) is 35.2 Å². The van der Waals surface area contributed by atoms with Gasteiger partial charge in [-0.25, -0.2) is 15.8 Å². The van der Waals surface area contributed by atoms with Crippen LogP contribution in [-0.2, 0) is 0 Å². The van der Waals surface area contributed by atoms with E-state index in [1.165, 1.54) is 0 Å². The number of rotatable bonds is 3. The van der Waals surface area contributed by atoms with Crippen LogP contribution >= 0.6 is 0 Å². The monoisotopic (exact) mass is 257 g/mol. The van der Waals surface area contributed by atoms with Crippen LogP contribution in [0.1, 0.15) is 36.6 Å². The fourth-order valence-corrected chi connectivity index (χ4v) is 2.16. The molecule has 0 saturated heterocycles. The van der Waals surface area contributed by atoms with E-state index in [0.29, 0.717) is 17.6 Å². The van der Waals surface area contributed by atoms with Crippen molar-refractivity contribution in [2.45, 2.75) is 33.6 Å². The number of hydrogen-bond donors (Lipinski definition) is 2. The second kappa shape index (κ2) is 5.32. The van der Waals surface area contributed by atoms with Gasteiger partial charge in [0.25, 0.3) is 0 Å². The van der Waals surface area contributed by atoms with Gasteiger partial charge < -0.3 is 5.43 Å². The third-order valence-corrected chi connectivity index (χ3v) is 2.99. The largest absolute Gasteiger partial charge is 0.308 e. The maximum Gasteiger partial charge on any atom is 0.180 e. The van der Waals surface area contributed by atoms with Crippen molar-refractivity contribution in [2.24, 2.45) is 5.84 Å². The number of aryl methyl sites for hydroxylation is 2. The first-order chi connectivity index (χ1) is 9.02. The summed E-state index contributed by atoms with van der Waals surface area (Å²) in [5.74, 6) is 7.15. The third kappa shape index (κ3) is 2.71. The number of pyridine rings is 1. The predicted molar refractivity (Wildman–Crippen MR) is 76.6 cm³/mol. The summed E-state index contributed by atoms with van der Waals surface area (Å²) in [6.07, 6.45) is 1.76. The molecule has 2 aromatic rings. The molecule has 0 saturated carbocycles. The van der Waals surface area contributed by atoms with Crippen LogP contribution < -0.4 is 11.3 Å². The molecule has 0 aliphatic carbocycles. The SMILES string of the molecule is Cc1ccnc(-c2nc(C)c(C(C)C)c(NN)n2)c1. The molecule has 0 spiro atoms. The fourth-order valence-electron chi connectivity index (χ4n) is 2.16. The van der Waals surface area contributed by atoms with Gasteiger partial charge in [-0.05, 0) is 37.5 Å². The highest BCUT2D eigenvalue weighted by molar-refractivity contribution is 5.57. The number of anilines is 1. The van der Waals surface area contributed by atoms with Crippen LogP contribution in [0.5, 0.6) is 0 Å². The van der Waals surface area contributed by atoms with Crippen molar-refractivity contribution >= 4 is 5.82 Å². The van der Waals surface area contributed by atoms with E-state index < -0.39 is 0 Å². The summed E-state index contributed by atoms with van der Waals surface area (Å²) in [5, 5.41) is 0. The summed E-state index contributed by atoms with van der Waals surface area (Å²) in [6, 6.07) is 3.91. The Balaban J connectivity index is 2.58. The Morgan fingerprint density at radius 1 is 1.21 bits per heavy atom. The maximum absolute atomic E-state index is 5.57. The van der Waals surface area contributed by atoms with E-state index in [1.54, 1.807) is 6.20 Å². The fraction of sp³-hybridized carbons (Fsp3) is 0.357. The van der Waals surface area contributed by atoms with Crippen molar-refractivity contribution in [1.29, 1.82) is 0 Å². The molecular weight excluding hydrogens is 238 g/mol. The number of hydrazine groups is 1. The van der Waals surface area contributed by atoms with Crippen LogP contribution in [0.15, 0.2) is 18.3 Å². The average molecular weight is 257 g/mol. The number of aromatic nitrogens is 3. The van der Waals surface area contributed by atoms with E-state index >= 15 is 0 Å². The van der Waals surface area contributed by atoms with Gasteiger partial charge >= 0.3 is 0 Å². The minimum atomic E-state index is 0.311. The quantitative estimate of drug-likeness (QED) is 0.652. The van der Waals surface area contributed by atoms with Gasteiger partial charge in [-0.3, -0.25) is 4.98 Å². The van der Waals surface area contributed by atoms with E-state index in [9.17, 15) is 0 Å². The average Bonchev–Trinajstić information content (AvgIpc) is 2.37. The second-order valence-electron chi connectivity index (χ2n) is 4.91. The molecule has 0 fully saturated rings. The summed E-state index contributed by atoms with van der Waals surface area (Å²) in [4.78, 5) is 13.3. The lowest BCUT2D eigenvalue weighted by atomic mass is 10.0. The first-order valence-electron chi connectivity index (χ1n) is 6.31. The van der Waals surface area contributed by atoms with Crippen LogP contribution in [0.2, 0.25) is 0 Å². The van der Waals surface area contributed by atoms with Gasteiger partial charge in [0.15, 0.2) is 5.82 Å². The molecule has 2 aromatic heterocycles. The van der Waals surface area contributed by atoms with Crippen molar-refractivity contribution < 1.29 is 0 Å². The number of nitrogens with two attached hydrogens (primary N) is 1. The first-order valence-corrected chi connectivity index (χ1v) is 6.31. The molecule has 0 bridgehead atoms. The number of nitrogen functional groups attached to an aromatic ring is 1. The van der Waals surface area contributed by atoms with Crippen LogP contribution in [0, 0.1) is 13.8 Å². The highest BCUT2D eigenvalue weighted by Gasteiger charge is 2.15. The molecule has 0 aliphatic rings. The van der Waals surface area contributed by atoms with Crippen LogP contribution in [0.4, 0.5) is 5.82 Å². The highest BCUT2D eigenvalue weighted by Crippen LogP contribution is 2.27. The molecule has 5 heteroatoms. The standard InChI is InChI=1S/C14H19N5/c1-8(2)12-10(4)17-13(18-14(12)19-15)11-7-9(3)5-6-16-11/h5-8H,15H2,1-4H3,(H,17,18,19). The van der Waals surface area contributed by atoms with Gasteiger partial charge in [0.05, 0.1) is 0 Å². The zero-order valence-electron chi connectivity index (χ0n) is 11.7. The Morgan fingerprint density at radius 3 is 2.53 bits per heavy atom. The Kier molecular flexibility index (Phi) is 3.76. The Bertz CT molecular complexity index is 592. The normalized spacial score (nSPS) is 10.8. The Labute approximate surface area is 113 Å². The zero-order chi connectivity index (χ0) is 14.0. The smallest absolute Gasteiger partial charge is 0.180 e. The molecule has 5 nitrogen and oxygen atoms in total. The molecule has 19 heavy (non-hydrogen) atoms.